The number of hydrogen-bond donors (Lipinski definition) is 2. The van der Waals surface area contributed by atoms with E-state index in [1.807, 2.05) is 13.8 Å². The van der Waals surface area contributed by atoms with Crippen LogP contribution in [-0.2, 0) is 0 Å². The van der Waals surface area contributed by atoms with Gasteiger partial charge in [-0.2, -0.15) is 0 Å². The van der Waals surface area contributed by atoms with Crippen molar-refractivity contribution in [2.75, 3.05) is 45.9 Å². The van der Waals surface area contributed by atoms with Crippen LogP contribution in [0.3, 0.4) is 0 Å². The summed E-state index contributed by atoms with van der Waals surface area (Å²) in [5, 5.41) is 17.1. The largest absolute Gasteiger partial charge is 0.396 e. The molecule has 2 bridgehead atoms. The van der Waals surface area contributed by atoms with Crippen molar-refractivity contribution < 1.29 is 10.2 Å². The zero-order valence-electron chi connectivity index (χ0n) is 30.0. The van der Waals surface area contributed by atoms with E-state index in [1.165, 1.54) is 96.9 Å². The fraction of sp³-hybridized carbons (Fsp3) is 1.00. The molecule has 1 unspecified atom stereocenters. The standard InChI is InChI=1S/C10H19N.C9H19N.C6H14O2.C6H12.C6H14/c1-8(2)10-7-11-5-3-9(10)4-6-11;1-9(2)10-7-5-3-4-6-8-10;1-5(2)6(3-7)4-8;1-5(2)6-3-4-6;1-4-5-6(2)3/h8-10H,3-7H2,1-2H3;9H,3-8H2,1-2H3;5-8H,3-4H2,1-2H3;5-6H,3-4H2,1-2H3;6H,4-5H2,1-3H3. The summed E-state index contributed by atoms with van der Waals surface area (Å²) in [6, 6.07) is 0.762. The van der Waals surface area contributed by atoms with E-state index >= 15 is 0 Å². The monoisotopic (exact) mass is 583 g/mol. The van der Waals surface area contributed by atoms with E-state index in [0.717, 1.165) is 41.5 Å². The maximum absolute atomic E-state index is 8.54. The van der Waals surface area contributed by atoms with Crippen LogP contribution >= 0.6 is 0 Å². The van der Waals surface area contributed by atoms with Gasteiger partial charge in [-0.3, -0.25) is 0 Å². The highest BCUT2D eigenvalue weighted by molar-refractivity contribution is 4.87. The number of rotatable bonds is 8. The molecular formula is C37H78N2O2. The van der Waals surface area contributed by atoms with Crippen molar-refractivity contribution >= 4 is 0 Å². The topological polar surface area (TPSA) is 46.9 Å². The molecule has 4 aliphatic heterocycles. The lowest BCUT2D eigenvalue weighted by Gasteiger charge is -2.46. The SMILES string of the molecule is CC(C)C(CO)CO.CC(C)C1CC1.CC(C)C1CN2CCC1CC2.CC(C)N1CCCCCC1.CCCC(C)C. The second-order valence-corrected chi connectivity index (χ2v) is 15.2. The van der Waals surface area contributed by atoms with Crippen LogP contribution in [0.1, 0.15) is 140 Å². The van der Waals surface area contributed by atoms with Gasteiger partial charge in [0.25, 0.3) is 0 Å². The molecular weight excluding hydrogens is 504 g/mol. The Bertz CT molecular complexity index is 553. The van der Waals surface area contributed by atoms with E-state index in [-0.39, 0.29) is 19.1 Å². The molecule has 1 saturated carbocycles. The third kappa shape index (κ3) is 20.4. The van der Waals surface area contributed by atoms with Crippen LogP contribution in [0.2, 0.25) is 0 Å². The molecule has 0 aromatic rings. The third-order valence-corrected chi connectivity index (χ3v) is 9.78. The van der Waals surface area contributed by atoms with Gasteiger partial charge >= 0.3 is 0 Å². The maximum Gasteiger partial charge on any atom is 0.0483 e. The summed E-state index contributed by atoms with van der Waals surface area (Å²) in [5.41, 5.74) is 0. The van der Waals surface area contributed by atoms with Crippen molar-refractivity contribution in [2.24, 2.45) is 47.3 Å². The summed E-state index contributed by atoms with van der Waals surface area (Å²) in [4.78, 5) is 5.23. The molecule has 0 spiro atoms. The average molecular weight is 583 g/mol. The minimum absolute atomic E-state index is 0.0648. The van der Waals surface area contributed by atoms with Crippen LogP contribution in [0.5, 0.6) is 0 Å². The predicted molar refractivity (Wildman–Crippen MR) is 182 cm³/mol. The number of aliphatic hydroxyl groups is 2. The quantitative estimate of drug-likeness (QED) is 0.300. The Balaban J connectivity index is 0.000000500. The molecule has 5 rings (SSSR count). The number of piperidine rings is 3. The fourth-order valence-corrected chi connectivity index (χ4v) is 6.20. The first kappa shape index (κ1) is 40.8. The lowest BCUT2D eigenvalue weighted by atomic mass is 9.74. The number of nitrogens with zero attached hydrogens (tertiary/aromatic N) is 2. The smallest absolute Gasteiger partial charge is 0.0483 e. The lowest BCUT2D eigenvalue weighted by Crippen LogP contribution is -2.48. The minimum Gasteiger partial charge on any atom is -0.396 e. The van der Waals surface area contributed by atoms with Gasteiger partial charge in [-0.05, 0) is 120 Å². The molecule has 0 aromatic heterocycles. The molecule has 4 heteroatoms. The van der Waals surface area contributed by atoms with E-state index in [4.69, 9.17) is 10.2 Å². The minimum atomic E-state index is 0.0648. The molecule has 2 N–H and O–H groups in total. The number of aliphatic hydroxyl groups excluding tert-OH is 2. The first-order chi connectivity index (χ1) is 19.4. The fourth-order valence-electron chi connectivity index (χ4n) is 6.20. The van der Waals surface area contributed by atoms with Crippen molar-refractivity contribution in [1.82, 2.24) is 9.80 Å². The van der Waals surface area contributed by atoms with Crippen LogP contribution < -0.4 is 0 Å². The average Bonchev–Trinajstić information content (AvgIpc) is 3.79. The summed E-state index contributed by atoms with van der Waals surface area (Å²) < 4.78 is 0. The zero-order chi connectivity index (χ0) is 31.4. The second-order valence-electron chi connectivity index (χ2n) is 15.2. The summed E-state index contributed by atoms with van der Waals surface area (Å²) in [6.45, 7) is 31.7. The Hall–Kier alpha value is -0.160. The molecule has 4 nitrogen and oxygen atoms in total. The molecule has 0 radical (unpaired) electrons. The van der Waals surface area contributed by atoms with Gasteiger partial charge in [-0.25, -0.2) is 0 Å². The zero-order valence-corrected chi connectivity index (χ0v) is 30.0. The molecule has 5 aliphatic rings. The highest BCUT2D eigenvalue weighted by Crippen LogP contribution is 2.36. The highest BCUT2D eigenvalue weighted by atomic mass is 16.3. The molecule has 248 valence electrons. The van der Waals surface area contributed by atoms with Gasteiger partial charge in [0, 0.05) is 31.7 Å². The highest BCUT2D eigenvalue weighted by Gasteiger charge is 2.35. The summed E-state index contributed by atoms with van der Waals surface area (Å²) in [5.74, 6) is 6.39. The van der Waals surface area contributed by atoms with Gasteiger partial charge in [0.15, 0.2) is 0 Å². The molecule has 4 heterocycles. The molecule has 5 fully saturated rings. The molecule has 1 aliphatic carbocycles. The van der Waals surface area contributed by atoms with E-state index in [2.05, 4.69) is 72.1 Å². The van der Waals surface area contributed by atoms with Gasteiger partial charge in [0.05, 0.1) is 0 Å². The van der Waals surface area contributed by atoms with Gasteiger partial charge in [0.2, 0.25) is 0 Å². The van der Waals surface area contributed by atoms with Crippen molar-refractivity contribution in [3.8, 4) is 0 Å². The van der Waals surface area contributed by atoms with Crippen molar-refractivity contribution in [3.63, 3.8) is 0 Å². The van der Waals surface area contributed by atoms with Crippen LogP contribution in [0, 0.1) is 47.3 Å². The second kappa shape index (κ2) is 24.2. The first-order valence-electron chi connectivity index (χ1n) is 18.1. The van der Waals surface area contributed by atoms with Crippen molar-refractivity contribution in [2.45, 2.75) is 146 Å². The Labute approximate surface area is 259 Å². The van der Waals surface area contributed by atoms with Gasteiger partial charge in [-0.15, -0.1) is 0 Å². The summed E-state index contributed by atoms with van der Waals surface area (Å²) in [7, 11) is 0. The van der Waals surface area contributed by atoms with Crippen LogP contribution in [0.25, 0.3) is 0 Å². The lowest BCUT2D eigenvalue weighted by molar-refractivity contribution is 0.0277. The Morgan fingerprint density at radius 3 is 1.34 bits per heavy atom. The maximum atomic E-state index is 8.54. The van der Waals surface area contributed by atoms with E-state index < -0.39 is 0 Å². The van der Waals surface area contributed by atoms with Gasteiger partial charge < -0.3 is 20.0 Å². The van der Waals surface area contributed by atoms with Crippen molar-refractivity contribution in [1.29, 1.82) is 0 Å². The Morgan fingerprint density at radius 2 is 1.17 bits per heavy atom. The molecule has 0 amide bonds. The summed E-state index contributed by atoms with van der Waals surface area (Å²) in [6.07, 6.45) is 14.4. The van der Waals surface area contributed by atoms with Gasteiger partial charge in [-0.1, -0.05) is 88.0 Å². The Kier molecular flexibility index (Phi) is 24.1. The predicted octanol–water partition coefficient (Wildman–Crippen LogP) is 8.99. The molecule has 41 heavy (non-hydrogen) atoms. The molecule has 0 aromatic carbocycles. The van der Waals surface area contributed by atoms with E-state index in [9.17, 15) is 0 Å². The third-order valence-electron chi connectivity index (χ3n) is 9.78. The first-order valence-corrected chi connectivity index (χ1v) is 18.1. The summed E-state index contributed by atoms with van der Waals surface area (Å²) >= 11 is 0. The molecule has 4 saturated heterocycles. The molecule has 1 atom stereocenters. The number of hydrogen-bond acceptors (Lipinski definition) is 4. The van der Waals surface area contributed by atoms with Gasteiger partial charge in [0.1, 0.15) is 0 Å². The normalized spacial score (nSPS) is 24.2. The van der Waals surface area contributed by atoms with Crippen LogP contribution in [-0.4, -0.2) is 72.0 Å². The van der Waals surface area contributed by atoms with Crippen molar-refractivity contribution in [3.05, 3.63) is 0 Å². The van der Waals surface area contributed by atoms with Crippen LogP contribution in [0.15, 0.2) is 0 Å². The Morgan fingerprint density at radius 1 is 0.659 bits per heavy atom. The number of fused-ring (bicyclic) bond motifs is 3. The van der Waals surface area contributed by atoms with E-state index in [0.29, 0.717) is 5.92 Å². The number of likely N-dealkylation sites (tertiary alicyclic amines) is 1. The van der Waals surface area contributed by atoms with Crippen LogP contribution in [0.4, 0.5) is 0 Å². The van der Waals surface area contributed by atoms with E-state index in [1.54, 1.807) is 0 Å².